The molecule has 2 saturated carbocycles. The van der Waals surface area contributed by atoms with Crippen LogP contribution in [-0.2, 0) is 33.4 Å². The van der Waals surface area contributed by atoms with Gasteiger partial charge in [-0.2, -0.15) is 0 Å². The fourth-order valence-electron chi connectivity index (χ4n) is 5.38. The van der Waals surface area contributed by atoms with E-state index in [1.807, 2.05) is 6.92 Å². The number of carbonyl (C=O) groups excluding carboxylic acids is 3. The highest BCUT2D eigenvalue weighted by Gasteiger charge is 2.74. The van der Waals surface area contributed by atoms with Gasteiger partial charge < -0.3 is 19.3 Å². The minimum absolute atomic E-state index is 0.0189. The first-order chi connectivity index (χ1) is 12.7. The number of carbonyl (C=O) groups is 4. The predicted octanol–water partition coefficient (Wildman–Crippen LogP) is 0.873. The number of rotatable bonds is 4. The molecule has 4 aliphatic rings. The molecule has 4 rings (SSSR count). The quantitative estimate of drug-likeness (QED) is 0.435. The van der Waals surface area contributed by atoms with Crippen molar-refractivity contribution in [2.45, 2.75) is 57.5 Å². The molecule has 27 heavy (non-hydrogen) atoms. The molecule has 2 aliphatic heterocycles. The molecular weight excluding hydrogens is 356 g/mol. The summed E-state index contributed by atoms with van der Waals surface area (Å²) in [5.74, 6) is -3.26. The summed E-state index contributed by atoms with van der Waals surface area (Å²) in [5, 5.41) is 8.80. The van der Waals surface area contributed by atoms with Crippen molar-refractivity contribution in [1.82, 2.24) is 0 Å². The number of esters is 2. The number of hydrogen-bond acceptors (Lipinski definition) is 7. The highest BCUT2D eigenvalue weighted by molar-refractivity contribution is 5.97. The van der Waals surface area contributed by atoms with E-state index in [-0.39, 0.29) is 42.1 Å². The van der Waals surface area contributed by atoms with Crippen molar-refractivity contribution in [3.05, 3.63) is 12.2 Å². The molecule has 1 N–H and O–H groups in total. The zero-order valence-electron chi connectivity index (χ0n) is 15.2. The summed E-state index contributed by atoms with van der Waals surface area (Å²) in [4.78, 5) is 48.3. The van der Waals surface area contributed by atoms with Gasteiger partial charge in [0.05, 0.1) is 30.3 Å². The lowest BCUT2D eigenvalue weighted by molar-refractivity contribution is -0.170. The van der Waals surface area contributed by atoms with Crippen LogP contribution in [0.25, 0.3) is 0 Å². The summed E-state index contributed by atoms with van der Waals surface area (Å²) >= 11 is 0. The Labute approximate surface area is 155 Å². The van der Waals surface area contributed by atoms with Crippen molar-refractivity contribution in [3.8, 4) is 0 Å². The molecule has 0 spiro atoms. The van der Waals surface area contributed by atoms with Crippen LogP contribution in [0.1, 0.15) is 33.1 Å². The van der Waals surface area contributed by atoms with Crippen molar-refractivity contribution in [3.63, 3.8) is 0 Å². The molecule has 8 atom stereocenters. The maximum Gasteiger partial charge on any atom is 0.334 e. The van der Waals surface area contributed by atoms with Gasteiger partial charge in [-0.25, -0.2) is 4.79 Å². The van der Waals surface area contributed by atoms with E-state index in [4.69, 9.17) is 19.3 Å². The molecule has 2 unspecified atom stereocenters. The number of ketones is 1. The van der Waals surface area contributed by atoms with E-state index >= 15 is 0 Å². The first-order valence-electron chi connectivity index (χ1n) is 9.17. The number of hydrogen-bond donors (Lipinski definition) is 1. The normalized spacial score (nSPS) is 44.7. The number of fused-ring (bicyclic) bond motifs is 4. The standard InChI is InChI=1S/C19H22O8/c1-7-6-9-12(8(2)18(24)25-9)17(26-11(22)5-4-10(20)21)19(3)13(7)14-15(27-14)16(19)23/h7,9,12-15,17H,2,4-6H2,1,3H3,(H,20,21)/t7-,9-,12-,13-,14?,15?,17+,19+/m1/s1. The van der Waals surface area contributed by atoms with Gasteiger partial charge in [0.2, 0.25) is 0 Å². The molecule has 2 saturated heterocycles. The smallest absolute Gasteiger partial charge is 0.334 e. The number of ether oxygens (including phenoxy) is 3. The van der Waals surface area contributed by atoms with Crippen LogP contribution in [0.3, 0.4) is 0 Å². The van der Waals surface area contributed by atoms with Gasteiger partial charge in [0.25, 0.3) is 0 Å². The predicted molar refractivity (Wildman–Crippen MR) is 88.3 cm³/mol. The Kier molecular flexibility index (Phi) is 3.96. The van der Waals surface area contributed by atoms with Gasteiger partial charge in [0.1, 0.15) is 18.3 Å². The van der Waals surface area contributed by atoms with Crippen LogP contribution in [0.5, 0.6) is 0 Å². The Bertz CT molecular complexity index is 757. The van der Waals surface area contributed by atoms with Gasteiger partial charge in [0, 0.05) is 11.5 Å². The Morgan fingerprint density at radius 1 is 1.33 bits per heavy atom. The second-order valence-corrected chi connectivity index (χ2v) is 8.21. The van der Waals surface area contributed by atoms with Crippen LogP contribution in [0.2, 0.25) is 0 Å². The molecule has 146 valence electrons. The van der Waals surface area contributed by atoms with E-state index in [1.165, 1.54) is 0 Å². The van der Waals surface area contributed by atoms with Crippen LogP contribution < -0.4 is 0 Å². The average Bonchev–Trinajstić information content (AvgIpc) is 3.27. The lowest BCUT2D eigenvalue weighted by Crippen LogP contribution is -2.51. The van der Waals surface area contributed by atoms with Crippen LogP contribution in [0.15, 0.2) is 12.2 Å². The van der Waals surface area contributed by atoms with Gasteiger partial charge in [0.15, 0.2) is 5.78 Å². The van der Waals surface area contributed by atoms with Gasteiger partial charge >= 0.3 is 17.9 Å². The van der Waals surface area contributed by atoms with Crippen LogP contribution in [-0.4, -0.2) is 53.2 Å². The van der Waals surface area contributed by atoms with Gasteiger partial charge in [-0.3, -0.25) is 14.4 Å². The van der Waals surface area contributed by atoms with E-state index in [9.17, 15) is 19.2 Å². The lowest BCUT2D eigenvalue weighted by Gasteiger charge is -2.40. The van der Waals surface area contributed by atoms with Crippen molar-refractivity contribution in [2.75, 3.05) is 0 Å². The monoisotopic (exact) mass is 378 g/mol. The molecule has 4 fully saturated rings. The van der Waals surface area contributed by atoms with E-state index in [1.54, 1.807) is 6.92 Å². The fraction of sp³-hybridized carbons (Fsp3) is 0.684. The van der Waals surface area contributed by atoms with Gasteiger partial charge in [-0.1, -0.05) is 13.5 Å². The first-order valence-corrected chi connectivity index (χ1v) is 9.17. The van der Waals surface area contributed by atoms with Crippen molar-refractivity contribution >= 4 is 23.7 Å². The van der Waals surface area contributed by atoms with Gasteiger partial charge in [-0.15, -0.1) is 0 Å². The fourth-order valence-corrected chi connectivity index (χ4v) is 5.38. The van der Waals surface area contributed by atoms with E-state index in [0.717, 1.165) is 0 Å². The van der Waals surface area contributed by atoms with E-state index in [2.05, 4.69) is 6.58 Å². The highest BCUT2D eigenvalue weighted by Crippen LogP contribution is 2.62. The summed E-state index contributed by atoms with van der Waals surface area (Å²) in [5.41, 5.74) is -0.832. The molecule has 2 heterocycles. The molecule has 0 amide bonds. The second-order valence-electron chi connectivity index (χ2n) is 8.21. The van der Waals surface area contributed by atoms with E-state index < -0.39 is 47.6 Å². The zero-order chi connectivity index (χ0) is 19.7. The van der Waals surface area contributed by atoms with Crippen molar-refractivity contribution in [2.24, 2.45) is 23.2 Å². The Balaban J connectivity index is 1.71. The van der Waals surface area contributed by atoms with Crippen molar-refractivity contribution in [1.29, 1.82) is 0 Å². The van der Waals surface area contributed by atoms with Gasteiger partial charge in [-0.05, 0) is 19.3 Å². The largest absolute Gasteiger partial charge is 0.481 e. The number of aliphatic carboxylic acids is 1. The highest BCUT2D eigenvalue weighted by atomic mass is 16.6. The summed E-state index contributed by atoms with van der Waals surface area (Å²) in [6.07, 6.45) is -2.30. The number of Topliss-reactive ketones (excluding diaryl/α,β-unsaturated/α-hetero) is 1. The molecule has 0 bridgehead atoms. The summed E-state index contributed by atoms with van der Waals surface area (Å²) < 4.78 is 16.7. The van der Waals surface area contributed by atoms with Crippen LogP contribution >= 0.6 is 0 Å². The third-order valence-corrected chi connectivity index (χ3v) is 6.62. The Morgan fingerprint density at radius 3 is 2.70 bits per heavy atom. The summed E-state index contributed by atoms with van der Waals surface area (Å²) in [7, 11) is 0. The second kappa shape index (κ2) is 5.89. The topological polar surface area (TPSA) is 119 Å². The molecule has 8 nitrogen and oxygen atoms in total. The summed E-state index contributed by atoms with van der Waals surface area (Å²) in [6.45, 7) is 7.57. The van der Waals surface area contributed by atoms with Crippen LogP contribution in [0, 0.1) is 23.2 Å². The molecular formula is C19H22O8. The minimum atomic E-state index is -1.11. The maximum absolute atomic E-state index is 13.1. The SMILES string of the molecule is C=C1C(=O)O[C@@H]2C[C@@H](C)[C@@H]3C4OC4C(=O)[C@@]3(C)[C@@H](OC(=O)CCC(=O)O)[C@H]12. The number of carboxylic acids is 1. The first kappa shape index (κ1) is 18.2. The maximum atomic E-state index is 13.1. The molecule has 0 aromatic heterocycles. The van der Waals surface area contributed by atoms with Crippen molar-refractivity contribution < 1.29 is 38.5 Å². The number of carboxylic acid groups (broad SMARTS) is 1. The molecule has 2 aliphatic carbocycles. The molecule has 0 aromatic carbocycles. The average molecular weight is 378 g/mol. The number of epoxide rings is 1. The third-order valence-electron chi connectivity index (χ3n) is 6.62. The molecule has 8 heteroatoms. The van der Waals surface area contributed by atoms with E-state index in [0.29, 0.717) is 6.42 Å². The lowest BCUT2D eigenvalue weighted by atomic mass is 9.67. The minimum Gasteiger partial charge on any atom is -0.481 e. The Hall–Kier alpha value is -2.22. The molecule has 0 aromatic rings. The third kappa shape index (κ3) is 2.53. The van der Waals surface area contributed by atoms with Crippen LogP contribution in [0.4, 0.5) is 0 Å². The zero-order valence-corrected chi connectivity index (χ0v) is 15.2. The molecule has 0 radical (unpaired) electrons. The summed E-state index contributed by atoms with van der Waals surface area (Å²) in [6, 6.07) is 0. The Morgan fingerprint density at radius 2 is 2.04 bits per heavy atom.